The Morgan fingerprint density at radius 1 is 2.00 bits per heavy atom. The summed E-state index contributed by atoms with van der Waals surface area (Å²) >= 11 is 3.95. The van der Waals surface area contributed by atoms with E-state index in [-0.39, 0.29) is 5.84 Å². The SMILES string of the molecule is [3H]NC(=N)CCCS. The Morgan fingerprint density at radius 2 is 2.71 bits per heavy atom. The number of hydrogen-bond donors (Lipinski definition) is 3. The highest BCUT2D eigenvalue weighted by Gasteiger charge is 1.84. The van der Waals surface area contributed by atoms with Crippen LogP contribution in [0.1, 0.15) is 12.8 Å². The third-order valence-corrected chi connectivity index (χ3v) is 0.901. The number of hydrogen-bond acceptors (Lipinski definition) is 2. The highest BCUT2D eigenvalue weighted by atomic mass is 32.1. The maximum absolute atomic E-state index is 6.91. The van der Waals surface area contributed by atoms with E-state index in [9.17, 15) is 0 Å². The van der Waals surface area contributed by atoms with E-state index in [0.29, 0.717) is 6.42 Å². The third-order valence-electron chi connectivity index (χ3n) is 0.585. The molecule has 0 unspecified atom stereocenters. The van der Waals surface area contributed by atoms with Gasteiger partial charge in [-0.05, 0) is 12.2 Å². The summed E-state index contributed by atoms with van der Waals surface area (Å²) in [5.74, 6) is 1.04. The molecule has 0 heterocycles. The monoisotopic (exact) mass is 120 g/mol. The van der Waals surface area contributed by atoms with Crippen LogP contribution in [-0.2, 0) is 0 Å². The second-order valence-electron chi connectivity index (χ2n) is 1.31. The lowest BCUT2D eigenvalue weighted by molar-refractivity contribution is 0.992. The van der Waals surface area contributed by atoms with Gasteiger partial charge in [-0.25, -0.2) is 0 Å². The zero-order valence-corrected chi connectivity index (χ0v) is 4.96. The summed E-state index contributed by atoms with van der Waals surface area (Å²) in [7, 11) is 0. The average Bonchev–Trinajstić information content (AvgIpc) is 1.83. The normalized spacial score (nSPS) is 10.1. The van der Waals surface area contributed by atoms with Crippen molar-refractivity contribution in [2.45, 2.75) is 12.8 Å². The van der Waals surface area contributed by atoms with Crippen LogP contribution in [0.25, 0.3) is 0 Å². The van der Waals surface area contributed by atoms with Gasteiger partial charge in [0.2, 0.25) is 0 Å². The summed E-state index contributed by atoms with van der Waals surface area (Å²) in [5.41, 5.74) is 2.00. The lowest BCUT2D eigenvalue weighted by atomic mass is 10.3. The first-order valence-corrected chi connectivity index (χ1v) is 2.80. The van der Waals surface area contributed by atoms with Crippen LogP contribution in [0.4, 0.5) is 0 Å². The minimum absolute atomic E-state index is 0.263. The molecule has 0 atom stereocenters. The molecule has 0 saturated heterocycles. The molecule has 0 aromatic carbocycles. The van der Waals surface area contributed by atoms with E-state index in [1.54, 1.807) is 0 Å². The van der Waals surface area contributed by atoms with Crippen molar-refractivity contribution in [3.63, 3.8) is 0 Å². The first kappa shape index (κ1) is 4.97. The van der Waals surface area contributed by atoms with Gasteiger partial charge in [-0.3, -0.25) is 5.41 Å². The van der Waals surface area contributed by atoms with Crippen molar-refractivity contribution in [2.75, 3.05) is 5.75 Å². The van der Waals surface area contributed by atoms with Crippen molar-refractivity contribution >= 4 is 18.5 Å². The Bertz CT molecular complexity index is 76.4. The van der Waals surface area contributed by atoms with Gasteiger partial charge < -0.3 is 5.73 Å². The van der Waals surface area contributed by atoms with Gasteiger partial charge in [0.1, 0.15) is 0 Å². The van der Waals surface area contributed by atoms with Crippen molar-refractivity contribution in [3.05, 3.63) is 0 Å². The maximum atomic E-state index is 6.91. The lowest BCUT2D eigenvalue weighted by Crippen LogP contribution is -2.08. The quantitative estimate of drug-likeness (QED) is 0.285. The molecule has 0 saturated carbocycles. The van der Waals surface area contributed by atoms with Gasteiger partial charge >= 0.3 is 0 Å². The second-order valence-corrected chi connectivity index (χ2v) is 1.75. The molecule has 0 spiro atoms. The molecule has 0 rings (SSSR count). The van der Waals surface area contributed by atoms with Gasteiger partial charge in [0.05, 0.1) is 5.84 Å². The van der Waals surface area contributed by atoms with Crippen molar-refractivity contribution in [3.8, 4) is 0 Å². The number of amidine groups is 1. The van der Waals surface area contributed by atoms with E-state index in [1.165, 1.54) is 0 Å². The fraction of sp³-hybridized carbons (Fsp3) is 0.750. The number of nitrogens with one attached hydrogen (secondary N) is 1. The molecular formula is C4H10N2S. The van der Waals surface area contributed by atoms with E-state index in [0.717, 1.165) is 12.2 Å². The zero-order chi connectivity index (χ0) is 6.41. The van der Waals surface area contributed by atoms with Crippen LogP contribution < -0.4 is 5.73 Å². The molecule has 0 bridgehead atoms. The maximum Gasteiger partial charge on any atom is 0.157 e. The number of rotatable bonds is 3. The molecule has 0 aliphatic carbocycles. The molecule has 0 fully saturated rings. The first-order chi connectivity index (χ1) is 3.81. The van der Waals surface area contributed by atoms with Crippen LogP contribution in [0, 0.1) is 5.41 Å². The molecule has 42 valence electrons. The molecule has 0 aromatic heterocycles. The summed E-state index contributed by atoms with van der Waals surface area (Å²) < 4.78 is 6.49. The Labute approximate surface area is 50.5 Å². The third kappa shape index (κ3) is 5.82. The predicted molar refractivity (Wildman–Crippen MR) is 35.0 cm³/mol. The van der Waals surface area contributed by atoms with Crippen molar-refractivity contribution in [1.29, 1.82) is 5.41 Å². The molecule has 0 aliphatic rings. The van der Waals surface area contributed by atoms with Crippen molar-refractivity contribution in [1.82, 2.24) is 0 Å². The molecule has 0 radical (unpaired) electrons. The van der Waals surface area contributed by atoms with Crippen LogP contribution in [0.3, 0.4) is 0 Å². The summed E-state index contributed by atoms with van der Waals surface area (Å²) in [6, 6.07) is 0. The van der Waals surface area contributed by atoms with Crippen LogP contribution in [0.15, 0.2) is 0 Å². The van der Waals surface area contributed by atoms with E-state index in [1.807, 2.05) is 5.73 Å². The Balaban J connectivity index is 2.99. The smallest absolute Gasteiger partial charge is 0.157 e. The van der Waals surface area contributed by atoms with Crippen LogP contribution >= 0.6 is 12.6 Å². The Morgan fingerprint density at radius 3 is 3.14 bits per heavy atom. The summed E-state index contributed by atoms with van der Waals surface area (Å²) in [6.07, 6.45) is 1.50. The molecule has 2 nitrogen and oxygen atoms in total. The molecule has 3 N–H and O–H groups in total. The summed E-state index contributed by atoms with van der Waals surface area (Å²) in [4.78, 5) is 0. The van der Waals surface area contributed by atoms with E-state index in [2.05, 4.69) is 12.6 Å². The topological polar surface area (TPSA) is 49.9 Å². The minimum Gasteiger partial charge on any atom is -0.388 e. The molecule has 0 amide bonds. The molecule has 3 heteroatoms. The minimum atomic E-state index is 0.263. The Kier molecular flexibility index (Phi) is 2.83. The molecule has 7 heavy (non-hydrogen) atoms. The van der Waals surface area contributed by atoms with Crippen LogP contribution in [-0.4, -0.2) is 11.6 Å². The van der Waals surface area contributed by atoms with Gasteiger partial charge in [0.15, 0.2) is 1.41 Å². The highest BCUT2D eigenvalue weighted by molar-refractivity contribution is 7.80. The van der Waals surface area contributed by atoms with Crippen LogP contribution in [0.2, 0.25) is 1.41 Å². The number of thiol groups is 1. The molecular weight excluding hydrogens is 108 g/mol. The van der Waals surface area contributed by atoms with E-state index < -0.39 is 0 Å². The van der Waals surface area contributed by atoms with E-state index >= 15 is 0 Å². The molecule has 0 aliphatic heterocycles. The van der Waals surface area contributed by atoms with Crippen molar-refractivity contribution < 1.29 is 1.41 Å². The second kappa shape index (κ2) is 3.99. The summed E-state index contributed by atoms with van der Waals surface area (Å²) in [6.45, 7) is 0. The van der Waals surface area contributed by atoms with Gasteiger partial charge in [0, 0.05) is 6.42 Å². The van der Waals surface area contributed by atoms with E-state index in [4.69, 9.17) is 6.82 Å². The lowest BCUT2D eigenvalue weighted by Gasteiger charge is -1.90. The van der Waals surface area contributed by atoms with Crippen molar-refractivity contribution in [2.24, 2.45) is 5.73 Å². The standard InChI is InChI=1S/C4H10N2S/c5-4(6)2-1-3-7/h7H,1-3H2,(H3,5,6)/i/hT. The fourth-order valence-electron chi connectivity index (χ4n) is 0.256. The Hall–Kier alpha value is -0.180. The van der Waals surface area contributed by atoms with Gasteiger partial charge in [-0.2, -0.15) is 12.6 Å². The zero-order valence-electron chi connectivity index (χ0n) is 5.07. The first-order valence-electron chi connectivity index (χ1n) is 2.67. The van der Waals surface area contributed by atoms with Crippen LogP contribution in [0.5, 0.6) is 0 Å². The summed E-state index contributed by atoms with van der Waals surface area (Å²) in [5, 5.41) is 6.91. The largest absolute Gasteiger partial charge is 0.388 e. The number of nitrogens with two attached hydrogens (primary N) is 1. The van der Waals surface area contributed by atoms with Gasteiger partial charge in [0.25, 0.3) is 0 Å². The highest BCUT2D eigenvalue weighted by Crippen LogP contribution is 1.87. The molecule has 0 aromatic rings. The van der Waals surface area contributed by atoms with Gasteiger partial charge in [-0.1, -0.05) is 0 Å². The average molecular weight is 120 g/mol. The predicted octanol–water partition coefficient (Wildman–Crippen LogP) is 0.632. The fourth-order valence-corrected chi connectivity index (χ4v) is 0.414. The van der Waals surface area contributed by atoms with Gasteiger partial charge in [-0.15, -0.1) is 0 Å².